The first-order valence-electron chi connectivity index (χ1n) is 13.5. The lowest BCUT2D eigenvalue weighted by Crippen LogP contribution is -2.53. The fourth-order valence-electron chi connectivity index (χ4n) is 4.34. The molecule has 1 N–H and O–H groups in total. The van der Waals surface area contributed by atoms with E-state index in [9.17, 15) is 18.0 Å². The Morgan fingerprint density at radius 3 is 2.24 bits per heavy atom. The maximum atomic E-state index is 14.2. The highest BCUT2D eigenvalue weighted by molar-refractivity contribution is 7.92. The van der Waals surface area contributed by atoms with Crippen LogP contribution in [0.25, 0.3) is 0 Å². The Kier molecular flexibility index (Phi) is 11.6. The lowest BCUT2D eigenvalue weighted by Gasteiger charge is -2.34. The van der Waals surface area contributed by atoms with Crippen LogP contribution in [-0.2, 0) is 32.6 Å². The van der Waals surface area contributed by atoms with Gasteiger partial charge in [0.05, 0.1) is 18.6 Å². The monoisotopic (exact) mass is 599 g/mol. The number of hydrogen-bond acceptors (Lipinski definition) is 5. The summed E-state index contributed by atoms with van der Waals surface area (Å²) in [5, 5.41) is 3.45. The van der Waals surface area contributed by atoms with E-state index in [1.54, 1.807) is 49.4 Å². The minimum absolute atomic E-state index is 0.0523. The molecule has 0 fully saturated rings. The lowest BCUT2D eigenvalue weighted by atomic mass is 10.0. The molecule has 1 unspecified atom stereocenters. The molecule has 3 aromatic rings. The molecule has 0 bridgehead atoms. The van der Waals surface area contributed by atoms with Gasteiger partial charge in [-0.1, -0.05) is 80.0 Å². The van der Waals surface area contributed by atoms with E-state index in [4.69, 9.17) is 16.3 Å². The van der Waals surface area contributed by atoms with Crippen molar-refractivity contribution in [2.75, 3.05) is 30.3 Å². The second-order valence-corrected chi connectivity index (χ2v) is 12.5. The molecule has 1 atom stereocenters. The average Bonchev–Trinajstić information content (AvgIpc) is 2.93. The Bertz CT molecular complexity index is 1420. The SMILES string of the molecule is CCOc1ccccc1N(CC(=O)N(Cc1cccc(Cl)c1)C(Cc1ccccc1)C(=O)NCC(C)C)S(C)(=O)=O. The fraction of sp³-hybridized carbons (Fsp3) is 0.355. The van der Waals surface area contributed by atoms with E-state index in [0.29, 0.717) is 29.5 Å². The molecule has 220 valence electrons. The first kappa shape index (κ1) is 32.0. The lowest BCUT2D eigenvalue weighted by molar-refractivity contribution is -0.140. The standard InChI is InChI=1S/C31H38ClN3O5S/c1-5-40-29-17-10-9-16-27(29)35(41(4,38)39)22-30(36)34(21-25-14-11-15-26(32)18-25)28(31(37)33-20-23(2)3)19-24-12-7-6-8-13-24/h6-18,23,28H,5,19-22H2,1-4H3,(H,33,37). The molecule has 0 heterocycles. The van der Waals surface area contributed by atoms with Crippen molar-refractivity contribution < 1.29 is 22.7 Å². The summed E-state index contributed by atoms with van der Waals surface area (Å²) in [5.74, 6) is -0.324. The van der Waals surface area contributed by atoms with Gasteiger partial charge >= 0.3 is 0 Å². The van der Waals surface area contributed by atoms with Crippen molar-refractivity contribution >= 4 is 39.1 Å². The van der Waals surface area contributed by atoms with Gasteiger partial charge in [-0.25, -0.2) is 8.42 Å². The highest BCUT2D eigenvalue weighted by atomic mass is 35.5. The number of nitrogens with one attached hydrogen (secondary N) is 1. The number of para-hydroxylation sites is 2. The largest absolute Gasteiger partial charge is 0.492 e. The van der Waals surface area contributed by atoms with Crippen LogP contribution in [0.3, 0.4) is 0 Å². The molecular weight excluding hydrogens is 562 g/mol. The van der Waals surface area contributed by atoms with Gasteiger partial charge in [-0.3, -0.25) is 13.9 Å². The van der Waals surface area contributed by atoms with Gasteiger partial charge in [-0.15, -0.1) is 0 Å². The van der Waals surface area contributed by atoms with Crippen molar-refractivity contribution in [1.29, 1.82) is 0 Å². The molecule has 0 aliphatic heterocycles. The molecule has 0 aliphatic carbocycles. The van der Waals surface area contributed by atoms with Gasteiger partial charge in [0.15, 0.2) is 0 Å². The number of rotatable bonds is 14. The third-order valence-electron chi connectivity index (χ3n) is 6.31. The number of hydrogen-bond donors (Lipinski definition) is 1. The van der Waals surface area contributed by atoms with Crippen LogP contribution < -0.4 is 14.4 Å². The third kappa shape index (κ3) is 9.50. The van der Waals surface area contributed by atoms with Gasteiger partial charge in [0.25, 0.3) is 0 Å². The number of ether oxygens (including phenoxy) is 1. The molecule has 3 aromatic carbocycles. The number of benzene rings is 3. The van der Waals surface area contributed by atoms with Crippen molar-refractivity contribution in [1.82, 2.24) is 10.2 Å². The van der Waals surface area contributed by atoms with Crippen molar-refractivity contribution in [3.05, 3.63) is 95.0 Å². The van der Waals surface area contributed by atoms with E-state index >= 15 is 0 Å². The summed E-state index contributed by atoms with van der Waals surface area (Å²) in [6.45, 7) is 6.05. The number of halogens is 1. The van der Waals surface area contributed by atoms with Gasteiger partial charge in [-0.05, 0) is 48.2 Å². The maximum Gasteiger partial charge on any atom is 0.244 e. The summed E-state index contributed by atoms with van der Waals surface area (Å²) in [5.41, 5.74) is 1.82. The van der Waals surface area contributed by atoms with Crippen LogP contribution >= 0.6 is 11.6 Å². The van der Waals surface area contributed by atoms with Crippen LogP contribution in [0.1, 0.15) is 31.9 Å². The molecule has 2 amide bonds. The number of carbonyl (C=O) groups is 2. The van der Waals surface area contributed by atoms with E-state index in [-0.39, 0.29) is 30.5 Å². The van der Waals surface area contributed by atoms with Crippen LogP contribution in [0, 0.1) is 5.92 Å². The Morgan fingerprint density at radius 1 is 0.951 bits per heavy atom. The van der Waals surface area contributed by atoms with Gasteiger partial charge in [0.1, 0.15) is 18.3 Å². The highest BCUT2D eigenvalue weighted by Crippen LogP contribution is 2.30. The highest BCUT2D eigenvalue weighted by Gasteiger charge is 2.33. The van der Waals surface area contributed by atoms with Crippen molar-refractivity contribution in [2.24, 2.45) is 5.92 Å². The zero-order valence-electron chi connectivity index (χ0n) is 23.9. The smallest absolute Gasteiger partial charge is 0.244 e. The van der Waals surface area contributed by atoms with Crippen LogP contribution in [0.5, 0.6) is 5.75 Å². The molecule has 0 aliphatic rings. The average molecular weight is 600 g/mol. The summed E-state index contributed by atoms with van der Waals surface area (Å²) in [7, 11) is -3.91. The Morgan fingerprint density at radius 2 is 1.61 bits per heavy atom. The van der Waals surface area contributed by atoms with Gasteiger partial charge < -0.3 is 15.0 Å². The van der Waals surface area contributed by atoms with E-state index in [1.807, 2.05) is 50.2 Å². The molecular formula is C31H38ClN3O5S. The number of amides is 2. The van der Waals surface area contributed by atoms with Crippen molar-refractivity contribution in [2.45, 2.75) is 39.8 Å². The normalized spacial score (nSPS) is 12.0. The number of carbonyl (C=O) groups excluding carboxylic acids is 2. The van der Waals surface area contributed by atoms with E-state index < -0.39 is 28.5 Å². The van der Waals surface area contributed by atoms with Gasteiger partial charge in [0.2, 0.25) is 21.8 Å². The Balaban J connectivity index is 2.07. The molecule has 8 nitrogen and oxygen atoms in total. The predicted molar refractivity (Wildman–Crippen MR) is 164 cm³/mol. The molecule has 0 saturated heterocycles. The predicted octanol–water partition coefficient (Wildman–Crippen LogP) is 4.92. The first-order valence-corrected chi connectivity index (χ1v) is 15.8. The topological polar surface area (TPSA) is 96.0 Å². The molecule has 0 saturated carbocycles. The Labute approximate surface area is 248 Å². The van der Waals surface area contributed by atoms with Crippen LogP contribution in [0.2, 0.25) is 5.02 Å². The van der Waals surface area contributed by atoms with Crippen LogP contribution in [0.15, 0.2) is 78.9 Å². The van der Waals surface area contributed by atoms with E-state index in [1.165, 1.54) is 4.90 Å². The summed E-state index contributed by atoms with van der Waals surface area (Å²) in [6, 6.07) is 22.2. The quantitative estimate of drug-likeness (QED) is 0.284. The molecule has 10 heteroatoms. The maximum absolute atomic E-state index is 14.2. The van der Waals surface area contributed by atoms with Crippen LogP contribution in [-0.4, -0.2) is 57.1 Å². The van der Waals surface area contributed by atoms with E-state index in [0.717, 1.165) is 16.1 Å². The zero-order valence-corrected chi connectivity index (χ0v) is 25.5. The molecule has 0 radical (unpaired) electrons. The van der Waals surface area contributed by atoms with Gasteiger partial charge in [-0.2, -0.15) is 0 Å². The third-order valence-corrected chi connectivity index (χ3v) is 7.67. The summed E-state index contributed by atoms with van der Waals surface area (Å²) < 4.78 is 32.7. The second-order valence-electron chi connectivity index (χ2n) is 10.2. The number of nitrogens with zero attached hydrogens (tertiary/aromatic N) is 2. The summed E-state index contributed by atoms with van der Waals surface area (Å²) in [4.78, 5) is 29.3. The van der Waals surface area contributed by atoms with Gasteiger partial charge in [0, 0.05) is 24.5 Å². The second kappa shape index (κ2) is 14.9. The Hall–Kier alpha value is -3.56. The minimum atomic E-state index is -3.91. The number of sulfonamides is 1. The summed E-state index contributed by atoms with van der Waals surface area (Å²) in [6.07, 6.45) is 1.28. The van der Waals surface area contributed by atoms with E-state index in [2.05, 4.69) is 5.32 Å². The summed E-state index contributed by atoms with van der Waals surface area (Å²) >= 11 is 6.25. The molecule has 41 heavy (non-hydrogen) atoms. The fourth-order valence-corrected chi connectivity index (χ4v) is 5.41. The minimum Gasteiger partial charge on any atom is -0.492 e. The van der Waals surface area contributed by atoms with Crippen LogP contribution in [0.4, 0.5) is 5.69 Å². The molecule has 0 spiro atoms. The zero-order chi connectivity index (χ0) is 30.0. The molecule has 0 aromatic heterocycles. The first-order chi connectivity index (χ1) is 19.5. The number of anilines is 1. The molecule has 3 rings (SSSR count). The van der Waals surface area contributed by atoms with Crippen molar-refractivity contribution in [3.8, 4) is 5.75 Å². The van der Waals surface area contributed by atoms with Crippen molar-refractivity contribution in [3.63, 3.8) is 0 Å².